The van der Waals surface area contributed by atoms with Gasteiger partial charge in [0.25, 0.3) is 5.91 Å². The highest BCUT2D eigenvalue weighted by molar-refractivity contribution is 7.13. The van der Waals surface area contributed by atoms with E-state index in [4.69, 9.17) is 0 Å². The average Bonchev–Trinajstić information content (AvgIpc) is 3.24. The Hall–Kier alpha value is -3.20. The number of hydrogen-bond donors (Lipinski definition) is 1. The van der Waals surface area contributed by atoms with Crippen LogP contribution in [0.15, 0.2) is 47.6 Å². The number of halogens is 2. The summed E-state index contributed by atoms with van der Waals surface area (Å²) in [6.45, 7) is 1.53. The van der Waals surface area contributed by atoms with Gasteiger partial charge in [0.05, 0.1) is 5.56 Å². The van der Waals surface area contributed by atoms with Gasteiger partial charge < -0.3 is 4.90 Å². The highest BCUT2D eigenvalue weighted by Crippen LogP contribution is 2.24. The van der Waals surface area contributed by atoms with Crippen LogP contribution in [0.1, 0.15) is 28.8 Å². The molecule has 0 aliphatic carbocycles. The molecule has 3 aromatic rings. The predicted molar refractivity (Wildman–Crippen MR) is 108 cm³/mol. The lowest BCUT2D eigenvalue weighted by Gasteiger charge is -2.29. The van der Waals surface area contributed by atoms with E-state index in [1.165, 1.54) is 23.0 Å². The van der Waals surface area contributed by atoms with E-state index in [0.29, 0.717) is 16.3 Å². The fourth-order valence-corrected chi connectivity index (χ4v) is 3.55. The lowest BCUT2D eigenvalue weighted by molar-refractivity contribution is 0.102. The van der Waals surface area contributed by atoms with Crippen LogP contribution in [0.5, 0.6) is 0 Å². The van der Waals surface area contributed by atoms with Crippen LogP contribution in [0.2, 0.25) is 0 Å². The summed E-state index contributed by atoms with van der Waals surface area (Å²) in [4.78, 5) is 18.7. The van der Waals surface area contributed by atoms with Gasteiger partial charge in [-0.05, 0) is 42.7 Å². The van der Waals surface area contributed by atoms with Crippen LogP contribution < -0.4 is 10.2 Å². The first kappa shape index (κ1) is 19.1. The average molecular weight is 413 g/mol. The summed E-state index contributed by atoms with van der Waals surface area (Å²) in [5.74, 6) is -1.16. The largest absolute Gasteiger partial charge is 0.356 e. The van der Waals surface area contributed by atoms with E-state index in [1.807, 2.05) is 12.1 Å². The number of anilines is 2. The molecule has 0 unspecified atom stereocenters. The van der Waals surface area contributed by atoms with Crippen molar-refractivity contribution in [1.82, 2.24) is 15.2 Å². The zero-order valence-electron chi connectivity index (χ0n) is 15.3. The maximum Gasteiger partial charge on any atom is 0.259 e. The molecule has 6 nitrogen and oxygen atoms in total. The first-order chi connectivity index (χ1) is 14.1. The summed E-state index contributed by atoms with van der Waals surface area (Å²) in [6.07, 6.45) is 5.06. The third kappa shape index (κ3) is 4.62. The molecule has 1 fully saturated rings. The fourth-order valence-electron chi connectivity index (χ4n) is 3.11. The van der Waals surface area contributed by atoms with Crippen molar-refractivity contribution in [2.24, 2.45) is 0 Å². The van der Waals surface area contributed by atoms with E-state index in [-0.39, 0.29) is 5.91 Å². The molecule has 3 heterocycles. The molecule has 1 aliphatic rings. The van der Waals surface area contributed by atoms with Gasteiger partial charge in [-0.3, -0.25) is 10.1 Å². The van der Waals surface area contributed by atoms with E-state index in [1.54, 1.807) is 23.8 Å². The Labute approximate surface area is 169 Å². The zero-order chi connectivity index (χ0) is 20.2. The van der Waals surface area contributed by atoms with Crippen LogP contribution in [-0.4, -0.2) is 34.2 Å². The topological polar surface area (TPSA) is 71.0 Å². The van der Waals surface area contributed by atoms with E-state index in [9.17, 15) is 13.6 Å². The molecule has 1 saturated heterocycles. The summed E-state index contributed by atoms with van der Waals surface area (Å²) in [7, 11) is 0. The van der Waals surface area contributed by atoms with Gasteiger partial charge in [-0.25, -0.2) is 13.8 Å². The van der Waals surface area contributed by atoms with Gasteiger partial charge in [0.15, 0.2) is 11.6 Å². The third-order valence-corrected chi connectivity index (χ3v) is 5.24. The lowest BCUT2D eigenvalue weighted by atomic mass is 10.0. The van der Waals surface area contributed by atoms with E-state index < -0.39 is 11.6 Å². The molecule has 0 bridgehead atoms. The second kappa shape index (κ2) is 8.44. The van der Waals surface area contributed by atoms with Crippen molar-refractivity contribution in [2.75, 3.05) is 23.3 Å². The highest BCUT2D eigenvalue weighted by atomic mass is 32.1. The Morgan fingerprint density at radius 2 is 1.97 bits per heavy atom. The fraction of sp³-hybridized carbons (Fsp3) is 0.200. The molecule has 2 aromatic heterocycles. The van der Waals surface area contributed by atoms with Crippen molar-refractivity contribution in [1.29, 1.82) is 0 Å². The van der Waals surface area contributed by atoms with Crippen molar-refractivity contribution in [3.8, 4) is 0 Å². The van der Waals surface area contributed by atoms with E-state index in [0.717, 1.165) is 37.8 Å². The summed E-state index contributed by atoms with van der Waals surface area (Å²) in [5.41, 5.74) is 3.83. The Bertz CT molecular complexity index is 1030. The number of nitrogens with one attached hydrogen (secondary N) is 1. The van der Waals surface area contributed by atoms with Crippen LogP contribution in [0.4, 0.5) is 19.7 Å². The van der Waals surface area contributed by atoms with Crippen molar-refractivity contribution in [3.63, 3.8) is 0 Å². The quantitative estimate of drug-likeness (QED) is 0.696. The van der Waals surface area contributed by atoms with E-state index in [2.05, 4.69) is 25.4 Å². The maximum atomic E-state index is 13.4. The number of amides is 1. The number of aromatic nitrogens is 3. The summed E-state index contributed by atoms with van der Waals surface area (Å²) < 4.78 is 26.4. The maximum absolute atomic E-state index is 13.4. The van der Waals surface area contributed by atoms with Gasteiger partial charge in [0.2, 0.25) is 5.13 Å². The molecule has 1 aliphatic heterocycles. The molecular formula is C20H17F2N5OS. The minimum absolute atomic E-state index is 0.281. The smallest absolute Gasteiger partial charge is 0.259 e. The van der Waals surface area contributed by atoms with Gasteiger partial charge in [-0.1, -0.05) is 29.1 Å². The molecule has 1 amide bonds. The zero-order valence-corrected chi connectivity index (χ0v) is 16.1. The van der Waals surface area contributed by atoms with Crippen molar-refractivity contribution in [2.45, 2.75) is 12.8 Å². The molecule has 1 aromatic carbocycles. The molecule has 9 heteroatoms. The number of piperidine rings is 1. The van der Waals surface area contributed by atoms with Crippen LogP contribution in [0.3, 0.4) is 0 Å². The molecule has 0 spiro atoms. The molecular weight excluding hydrogens is 396 g/mol. The second-order valence-corrected chi connectivity index (χ2v) is 7.40. The molecule has 0 saturated carbocycles. The van der Waals surface area contributed by atoms with Gasteiger partial charge in [-0.2, -0.15) is 0 Å². The number of benzene rings is 1. The number of hydrogen-bond acceptors (Lipinski definition) is 6. The molecule has 0 atom stereocenters. The summed E-state index contributed by atoms with van der Waals surface area (Å²) >= 11 is 1.25. The normalized spacial score (nSPS) is 14.0. The Morgan fingerprint density at radius 1 is 1.14 bits per heavy atom. The van der Waals surface area contributed by atoms with Gasteiger partial charge in [0.1, 0.15) is 11.3 Å². The number of carbonyl (C=O) groups excluding carboxylic acids is 1. The number of pyridine rings is 1. The Kier molecular flexibility index (Phi) is 5.57. The highest BCUT2D eigenvalue weighted by Gasteiger charge is 2.16. The Morgan fingerprint density at radius 3 is 2.62 bits per heavy atom. The lowest BCUT2D eigenvalue weighted by Crippen LogP contribution is -2.31. The first-order valence-corrected chi connectivity index (χ1v) is 9.89. The predicted octanol–water partition coefficient (Wildman–Crippen LogP) is 4.15. The number of rotatable bonds is 4. The molecule has 0 radical (unpaired) electrons. The summed E-state index contributed by atoms with van der Waals surface area (Å²) in [6, 6.07) is 7.47. The molecule has 1 N–H and O–H groups in total. The SMILES string of the molecule is O=C(Nc1nncs1)c1ccc(N2CCC(=Cc3ccc(F)c(F)c3)CC2)nc1. The van der Waals surface area contributed by atoms with Gasteiger partial charge in [-0.15, -0.1) is 10.2 Å². The van der Waals surface area contributed by atoms with Crippen LogP contribution in [0.25, 0.3) is 6.08 Å². The van der Waals surface area contributed by atoms with Gasteiger partial charge >= 0.3 is 0 Å². The monoisotopic (exact) mass is 413 g/mol. The van der Waals surface area contributed by atoms with Crippen molar-refractivity contribution in [3.05, 3.63) is 70.4 Å². The number of nitrogens with zero attached hydrogens (tertiary/aromatic N) is 4. The minimum atomic E-state index is -0.839. The minimum Gasteiger partial charge on any atom is -0.356 e. The van der Waals surface area contributed by atoms with Gasteiger partial charge in [0, 0.05) is 19.3 Å². The molecule has 29 heavy (non-hydrogen) atoms. The summed E-state index contributed by atoms with van der Waals surface area (Å²) in [5, 5.41) is 10.6. The standard InChI is InChI=1S/C20H17F2N5OS/c21-16-3-1-14(10-17(16)22)9-13-5-7-27(8-6-13)18-4-2-15(11-23-18)19(28)25-20-26-24-12-29-20/h1-4,9-12H,5-8H2,(H,25,26,28). The van der Waals surface area contributed by atoms with Crippen LogP contribution in [-0.2, 0) is 0 Å². The van der Waals surface area contributed by atoms with Crippen molar-refractivity contribution >= 4 is 34.3 Å². The molecule has 148 valence electrons. The third-order valence-electron chi connectivity index (χ3n) is 4.63. The molecule has 4 rings (SSSR count). The number of carbonyl (C=O) groups is 1. The van der Waals surface area contributed by atoms with Crippen LogP contribution >= 0.6 is 11.3 Å². The Balaban J connectivity index is 1.36. The second-order valence-electron chi connectivity index (χ2n) is 6.57. The first-order valence-electron chi connectivity index (χ1n) is 9.01. The van der Waals surface area contributed by atoms with Crippen molar-refractivity contribution < 1.29 is 13.6 Å². The van der Waals surface area contributed by atoms with Crippen LogP contribution in [0, 0.1) is 11.6 Å². The van der Waals surface area contributed by atoms with E-state index >= 15 is 0 Å².